The van der Waals surface area contributed by atoms with Crippen molar-refractivity contribution in [1.29, 1.82) is 15.8 Å². The smallest absolute Gasteiger partial charge is 0.269 e. The van der Waals surface area contributed by atoms with Gasteiger partial charge in [0.2, 0.25) is 5.88 Å². The van der Waals surface area contributed by atoms with Gasteiger partial charge in [-0.25, -0.2) is 0 Å². The van der Waals surface area contributed by atoms with Gasteiger partial charge in [-0.2, -0.15) is 15.8 Å². The highest BCUT2D eigenvalue weighted by atomic mass is 16.7. The van der Waals surface area contributed by atoms with Crippen molar-refractivity contribution < 1.29 is 9.47 Å². The zero-order chi connectivity index (χ0) is 15.5. The molecule has 0 spiro atoms. The average Bonchev–Trinajstić information content (AvgIpc) is 2.83. The molecule has 0 amide bonds. The highest BCUT2D eigenvalue weighted by Gasteiger charge is 2.49. The SMILES string of the molecule is CO[C@@]1(c2ccccc2)OC(N)=C(C#N)C1=C(C#N)C#N. The van der Waals surface area contributed by atoms with Crippen LogP contribution in [0.5, 0.6) is 0 Å². The molecule has 2 N–H and O–H groups in total. The zero-order valence-corrected chi connectivity index (χ0v) is 11.1. The minimum atomic E-state index is -1.57. The molecule has 21 heavy (non-hydrogen) atoms. The molecule has 0 saturated heterocycles. The van der Waals surface area contributed by atoms with Crippen LogP contribution in [0.1, 0.15) is 5.56 Å². The Hall–Kier alpha value is -3.27. The lowest BCUT2D eigenvalue weighted by Crippen LogP contribution is -2.31. The number of nitrogens with two attached hydrogens (primary N) is 1. The number of nitrogens with zero attached hydrogens (tertiary/aromatic N) is 3. The summed E-state index contributed by atoms with van der Waals surface area (Å²) in [6.45, 7) is 0. The Bertz CT molecular complexity index is 744. The summed E-state index contributed by atoms with van der Waals surface area (Å²) in [5, 5.41) is 27.5. The van der Waals surface area contributed by atoms with Gasteiger partial charge in [0.1, 0.15) is 29.4 Å². The highest BCUT2D eigenvalue weighted by Crippen LogP contribution is 2.46. The number of ether oxygens (including phenoxy) is 2. The number of rotatable bonds is 2. The highest BCUT2D eigenvalue weighted by molar-refractivity contribution is 5.61. The van der Waals surface area contributed by atoms with E-state index in [0.717, 1.165) is 0 Å². The van der Waals surface area contributed by atoms with Crippen LogP contribution in [0, 0.1) is 34.0 Å². The zero-order valence-electron chi connectivity index (χ0n) is 11.1. The quantitative estimate of drug-likeness (QED) is 0.820. The largest absolute Gasteiger partial charge is 0.437 e. The number of benzene rings is 1. The van der Waals surface area contributed by atoms with Crippen molar-refractivity contribution in [3.8, 4) is 18.2 Å². The predicted molar refractivity (Wildman–Crippen MR) is 71.3 cm³/mol. The number of methoxy groups -OCH3 is 1. The van der Waals surface area contributed by atoms with Gasteiger partial charge in [0.25, 0.3) is 5.79 Å². The minimum Gasteiger partial charge on any atom is -0.437 e. The van der Waals surface area contributed by atoms with Gasteiger partial charge in [-0.3, -0.25) is 0 Å². The number of hydrogen-bond donors (Lipinski definition) is 1. The van der Waals surface area contributed by atoms with E-state index in [1.807, 2.05) is 6.07 Å². The van der Waals surface area contributed by atoms with Crippen molar-refractivity contribution in [1.82, 2.24) is 0 Å². The molecule has 0 fully saturated rings. The van der Waals surface area contributed by atoms with Crippen molar-refractivity contribution in [2.24, 2.45) is 5.73 Å². The summed E-state index contributed by atoms with van der Waals surface area (Å²) in [5.41, 5.74) is 5.92. The van der Waals surface area contributed by atoms with Crippen LogP contribution >= 0.6 is 0 Å². The topological polar surface area (TPSA) is 116 Å². The summed E-state index contributed by atoms with van der Waals surface area (Å²) >= 11 is 0. The number of nitriles is 3. The third-order valence-electron chi connectivity index (χ3n) is 3.11. The molecular weight excluding hydrogens is 268 g/mol. The van der Waals surface area contributed by atoms with Crippen LogP contribution in [0.15, 0.2) is 52.9 Å². The lowest BCUT2D eigenvalue weighted by Gasteiger charge is -2.29. The molecular formula is C15H10N4O2. The van der Waals surface area contributed by atoms with Gasteiger partial charge >= 0.3 is 0 Å². The fourth-order valence-electron chi connectivity index (χ4n) is 2.20. The maximum Gasteiger partial charge on any atom is 0.269 e. The van der Waals surface area contributed by atoms with Gasteiger partial charge < -0.3 is 15.2 Å². The Morgan fingerprint density at radius 1 is 1.19 bits per heavy atom. The lowest BCUT2D eigenvalue weighted by atomic mass is 9.90. The maximum absolute atomic E-state index is 9.25. The van der Waals surface area contributed by atoms with E-state index in [2.05, 4.69) is 0 Å². The molecule has 0 aliphatic carbocycles. The molecule has 0 aromatic heterocycles. The molecule has 2 rings (SSSR count). The van der Waals surface area contributed by atoms with Crippen LogP contribution in [0.3, 0.4) is 0 Å². The first-order valence-electron chi connectivity index (χ1n) is 5.89. The summed E-state index contributed by atoms with van der Waals surface area (Å²) in [4.78, 5) is 0. The standard InChI is InChI=1S/C15H10N4O2/c1-20-15(11-5-3-2-4-6-11)13(10(7-16)8-17)12(9-18)14(19)21-15/h2-6H,19H2,1H3/t15-/m0/s1. The van der Waals surface area contributed by atoms with Crippen LogP contribution in [0.4, 0.5) is 0 Å². The van der Waals surface area contributed by atoms with Gasteiger partial charge in [0.05, 0.1) is 5.57 Å². The van der Waals surface area contributed by atoms with Gasteiger partial charge in [-0.1, -0.05) is 30.3 Å². The van der Waals surface area contributed by atoms with E-state index in [0.29, 0.717) is 5.56 Å². The van der Waals surface area contributed by atoms with Crippen LogP contribution in [0.2, 0.25) is 0 Å². The third-order valence-corrected chi connectivity index (χ3v) is 3.11. The Morgan fingerprint density at radius 3 is 2.29 bits per heavy atom. The van der Waals surface area contributed by atoms with E-state index in [9.17, 15) is 5.26 Å². The molecule has 0 saturated carbocycles. The van der Waals surface area contributed by atoms with Crippen LogP contribution in [-0.4, -0.2) is 7.11 Å². The molecule has 0 unspecified atom stereocenters. The van der Waals surface area contributed by atoms with Crippen molar-refractivity contribution >= 4 is 0 Å². The Morgan fingerprint density at radius 2 is 1.81 bits per heavy atom. The Labute approximate surface area is 121 Å². The Kier molecular flexibility index (Phi) is 3.63. The first-order chi connectivity index (χ1) is 10.1. The normalized spacial score (nSPS) is 20.2. The molecule has 1 atom stereocenters. The van der Waals surface area contributed by atoms with E-state index >= 15 is 0 Å². The molecule has 1 aliphatic heterocycles. The summed E-state index contributed by atoms with van der Waals surface area (Å²) in [5.74, 6) is -1.75. The van der Waals surface area contributed by atoms with Gasteiger partial charge in [-0.15, -0.1) is 0 Å². The first kappa shape index (κ1) is 14.1. The van der Waals surface area contributed by atoms with Gasteiger partial charge in [0.15, 0.2) is 0 Å². The second kappa shape index (κ2) is 5.38. The molecule has 102 valence electrons. The fourth-order valence-corrected chi connectivity index (χ4v) is 2.20. The lowest BCUT2D eigenvalue weighted by molar-refractivity contribution is -0.167. The second-order valence-corrected chi connectivity index (χ2v) is 4.11. The molecule has 1 aromatic rings. The van der Waals surface area contributed by atoms with E-state index in [1.54, 1.807) is 42.5 Å². The molecule has 1 aliphatic rings. The summed E-state index contributed by atoms with van der Waals surface area (Å²) in [7, 11) is 1.35. The van der Waals surface area contributed by atoms with Gasteiger partial charge in [0, 0.05) is 12.7 Å². The third kappa shape index (κ3) is 1.99. The summed E-state index contributed by atoms with van der Waals surface area (Å²) in [6, 6.07) is 14.1. The molecule has 1 heterocycles. The fraction of sp³-hybridized carbons (Fsp3) is 0.133. The molecule has 1 aromatic carbocycles. The predicted octanol–water partition coefficient (Wildman–Crippen LogP) is 1.55. The number of allylic oxidation sites excluding steroid dienone is 1. The molecule has 0 radical (unpaired) electrons. The van der Waals surface area contributed by atoms with E-state index in [-0.39, 0.29) is 22.6 Å². The van der Waals surface area contributed by atoms with E-state index in [1.165, 1.54) is 7.11 Å². The maximum atomic E-state index is 9.25. The minimum absolute atomic E-state index is 0.0289. The average molecular weight is 278 g/mol. The van der Waals surface area contributed by atoms with Crippen LogP contribution in [0.25, 0.3) is 0 Å². The Balaban J connectivity index is 2.82. The van der Waals surface area contributed by atoms with Gasteiger partial charge in [-0.05, 0) is 0 Å². The number of hydrogen-bond acceptors (Lipinski definition) is 6. The van der Waals surface area contributed by atoms with E-state index in [4.69, 9.17) is 25.7 Å². The van der Waals surface area contributed by atoms with Crippen molar-refractivity contribution in [3.05, 3.63) is 58.5 Å². The van der Waals surface area contributed by atoms with E-state index < -0.39 is 5.79 Å². The van der Waals surface area contributed by atoms with Crippen molar-refractivity contribution in [3.63, 3.8) is 0 Å². The molecule has 6 nitrogen and oxygen atoms in total. The second-order valence-electron chi connectivity index (χ2n) is 4.11. The summed E-state index contributed by atoms with van der Waals surface area (Å²) < 4.78 is 11.0. The first-order valence-corrected chi connectivity index (χ1v) is 5.89. The van der Waals surface area contributed by atoms with Crippen molar-refractivity contribution in [2.75, 3.05) is 7.11 Å². The summed E-state index contributed by atoms with van der Waals surface area (Å²) in [6.07, 6.45) is 0. The molecule has 6 heteroatoms. The monoisotopic (exact) mass is 278 g/mol. The molecule has 0 bridgehead atoms. The van der Waals surface area contributed by atoms with Crippen LogP contribution in [-0.2, 0) is 15.3 Å². The van der Waals surface area contributed by atoms with Crippen LogP contribution < -0.4 is 5.73 Å². The van der Waals surface area contributed by atoms with Crippen molar-refractivity contribution in [2.45, 2.75) is 5.79 Å².